The number of esters is 1. The number of carbonyl (C=O) groups is 3. The molecular weight excluding hydrogens is 340 g/mol. The van der Waals surface area contributed by atoms with Crippen molar-refractivity contribution in [2.75, 3.05) is 0 Å². The second kappa shape index (κ2) is 5.62. The Morgan fingerprint density at radius 1 is 1.04 bits per heavy atom. The first-order valence-corrected chi connectivity index (χ1v) is 7.57. The molecule has 1 aliphatic rings. The Morgan fingerprint density at radius 3 is 2.46 bits per heavy atom. The van der Waals surface area contributed by atoms with Gasteiger partial charge < -0.3 is 14.2 Å². The van der Waals surface area contributed by atoms with Crippen LogP contribution in [0.3, 0.4) is 0 Å². The smallest absolute Gasteiger partial charge is 0.308 e. The number of ketones is 2. The molecule has 128 valence electrons. The first-order valence-electron chi connectivity index (χ1n) is 7.57. The maximum Gasteiger partial charge on any atom is 0.308 e. The molecule has 0 bridgehead atoms. The molecule has 0 saturated heterocycles. The van der Waals surface area contributed by atoms with Crippen LogP contribution in [0.4, 0.5) is 0 Å². The number of hydrogen-bond donors (Lipinski definition) is 1. The third kappa shape index (κ3) is 2.35. The molecule has 0 amide bonds. The summed E-state index contributed by atoms with van der Waals surface area (Å²) >= 11 is 0. The van der Waals surface area contributed by atoms with Gasteiger partial charge in [0.15, 0.2) is 0 Å². The lowest BCUT2D eigenvalue weighted by Gasteiger charge is -2.12. The van der Waals surface area contributed by atoms with Gasteiger partial charge in [0.1, 0.15) is 22.7 Å². The maximum absolute atomic E-state index is 12.8. The van der Waals surface area contributed by atoms with Crippen molar-refractivity contribution >= 4 is 17.5 Å². The molecule has 0 atom stereocenters. The van der Waals surface area contributed by atoms with E-state index in [4.69, 9.17) is 9.26 Å². The Morgan fingerprint density at radius 2 is 1.77 bits per heavy atom. The number of ether oxygens (including phenoxy) is 1. The average molecular weight is 350 g/mol. The molecule has 0 spiro atoms. The van der Waals surface area contributed by atoms with Crippen LogP contribution in [0.2, 0.25) is 0 Å². The summed E-state index contributed by atoms with van der Waals surface area (Å²) in [6.45, 7) is 1.29. The van der Waals surface area contributed by atoms with Crippen LogP contribution in [0.5, 0.6) is 5.75 Å². The maximum atomic E-state index is 12.8. The van der Waals surface area contributed by atoms with E-state index in [1.165, 1.54) is 19.1 Å². The highest BCUT2D eigenvalue weighted by atomic mass is 16.5. The zero-order chi connectivity index (χ0) is 18.4. The molecule has 1 N–H and O–H groups in total. The number of aromatic amines is 1. The Kier molecular flexibility index (Phi) is 3.40. The summed E-state index contributed by atoms with van der Waals surface area (Å²) in [6, 6.07) is 8.75. The van der Waals surface area contributed by atoms with E-state index in [1.807, 2.05) is 0 Å². The molecule has 0 unspecified atom stereocenters. The molecule has 1 aromatic carbocycles. The van der Waals surface area contributed by atoms with E-state index >= 15 is 0 Å². The van der Waals surface area contributed by atoms with Gasteiger partial charge >= 0.3 is 5.97 Å². The first-order chi connectivity index (χ1) is 12.5. The van der Waals surface area contributed by atoms with Crippen LogP contribution < -0.4 is 10.3 Å². The van der Waals surface area contributed by atoms with Crippen molar-refractivity contribution in [2.45, 2.75) is 6.92 Å². The van der Waals surface area contributed by atoms with Crippen LogP contribution in [0.1, 0.15) is 39.1 Å². The summed E-state index contributed by atoms with van der Waals surface area (Å²) in [5.41, 5.74) is 0.236. The number of carbonyl (C=O) groups excluding carboxylic acids is 3. The zero-order valence-corrected chi connectivity index (χ0v) is 13.4. The molecule has 0 saturated carbocycles. The molecule has 8 heteroatoms. The van der Waals surface area contributed by atoms with Crippen LogP contribution >= 0.6 is 0 Å². The van der Waals surface area contributed by atoms with Crippen molar-refractivity contribution in [3.8, 4) is 17.0 Å². The molecule has 26 heavy (non-hydrogen) atoms. The SMILES string of the molecule is CC(=O)Oc1ccc(-c2noc3c2C(=O)c2ccc(=O)[nH]c2C3=O)cc1. The number of fused-ring (bicyclic) bond motifs is 2. The predicted molar refractivity (Wildman–Crippen MR) is 87.2 cm³/mol. The van der Waals surface area contributed by atoms with E-state index in [9.17, 15) is 19.2 Å². The van der Waals surface area contributed by atoms with Gasteiger partial charge in [-0.3, -0.25) is 19.2 Å². The lowest BCUT2D eigenvalue weighted by atomic mass is 9.89. The summed E-state index contributed by atoms with van der Waals surface area (Å²) in [7, 11) is 0. The highest BCUT2D eigenvalue weighted by molar-refractivity contribution is 6.28. The third-order valence-electron chi connectivity index (χ3n) is 3.91. The van der Waals surface area contributed by atoms with E-state index in [-0.39, 0.29) is 28.3 Å². The van der Waals surface area contributed by atoms with Gasteiger partial charge in [0.2, 0.25) is 22.9 Å². The van der Waals surface area contributed by atoms with E-state index in [0.29, 0.717) is 11.3 Å². The number of benzene rings is 1. The lowest BCUT2D eigenvalue weighted by Crippen LogP contribution is -2.24. The topological polar surface area (TPSA) is 119 Å². The monoisotopic (exact) mass is 350 g/mol. The molecule has 2 heterocycles. The molecule has 0 radical (unpaired) electrons. The summed E-state index contributed by atoms with van der Waals surface area (Å²) < 4.78 is 10.0. The van der Waals surface area contributed by atoms with Gasteiger partial charge in [0, 0.05) is 18.6 Å². The van der Waals surface area contributed by atoms with Crippen LogP contribution in [0.25, 0.3) is 11.3 Å². The third-order valence-corrected chi connectivity index (χ3v) is 3.91. The number of rotatable bonds is 2. The predicted octanol–water partition coefficient (Wildman–Crippen LogP) is 1.73. The minimum Gasteiger partial charge on any atom is -0.427 e. The molecule has 0 fully saturated rings. The van der Waals surface area contributed by atoms with Crippen molar-refractivity contribution in [3.05, 3.63) is 69.3 Å². The van der Waals surface area contributed by atoms with Gasteiger partial charge in [-0.1, -0.05) is 5.16 Å². The Balaban J connectivity index is 1.81. The Bertz CT molecular complexity index is 1140. The van der Waals surface area contributed by atoms with Gasteiger partial charge in [0.25, 0.3) is 0 Å². The minimum absolute atomic E-state index is 0.0368. The van der Waals surface area contributed by atoms with Crippen molar-refractivity contribution in [1.29, 1.82) is 0 Å². The van der Waals surface area contributed by atoms with Crippen molar-refractivity contribution in [2.24, 2.45) is 0 Å². The van der Waals surface area contributed by atoms with E-state index < -0.39 is 23.1 Å². The molecule has 2 aromatic heterocycles. The van der Waals surface area contributed by atoms with Crippen LogP contribution in [-0.2, 0) is 4.79 Å². The lowest BCUT2D eigenvalue weighted by molar-refractivity contribution is -0.131. The molecule has 1 aliphatic carbocycles. The number of pyridine rings is 1. The van der Waals surface area contributed by atoms with Crippen LogP contribution in [-0.4, -0.2) is 27.7 Å². The van der Waals surface area contributed by atoms with Crippen LogP contribution in [0, 0.1) is 0 Å². The fourth-order valence-corrected chi connectivity index (χ4v) is 2.79. The minimum atomic E-state index is -0.609. The Labute approximate surface area is 145 Å². The van der Waals surface area contributed by atoms with E-state index in [2.05, 4.69) is 10.1 Å². The fraction of sp³-hybridized carbons (Fsp3) is 0.0556. The quantitative estimate of drug-likeness (QED) is 0.432. The molecule has 0 aliphatic heterocycles. The summed E-state index contributed by atoms with van der Waals surface area (Å²) in [6.07, 6.45) is 0. The van der Waals surface area contributed by atoms with E-state index in [1.54, 1.807) is 24.3 Å². The average Bonchev–Trinajstić information content (AvgIpc) is 3.05. The number of H-pyrrole nitrogens is 1. The van der Waals surface area contributed by atoms with Gasteiger partial charge in [-0.25, -0.2) is 0 Å². The summed E-state index contributed by atoms with van der Waals surface area (Å²) in [4.78, 5) is 50.1. The molecular formula is C18H10N2O6. The van der Waals surface area contributed by atoms with Crippen molar-refractivity contribution in [3.63, 3.8) is 0 Å². The first kappa shape index (κ1) is 15.7. The number of hydrogen-bond acceptors (Lipinski definition) is 7. The molecule has 4 rings (SSSR count). The molecule has 8 nitrogen and oxygen atoms in total. The number of nitrogens with zero attached hydrogens (tertiary/aromatic N) is 1. The zero-order valence-electron chi connectivity index (χ0n) is 13.4. The number of aromatic nitrogens is 2. The van der Waals surface area contributed by atoms with Gasteiger partial charge in [-0.15, -0.1) is 0 Å². The van der Waals surface area contributed by atoms with Crippen LogP contribution in [0.15, 0.2) is 45.7 Å². The second-order valence-electron chi connectivity index (χ2n) is 5.62. The highest BCUT2D eigenvalue weighted by Crippen LogP contribution is 2.33. The van der Waals surface area contributed by atoms with Gasteiger partial charge in [-0.05, 0) is 30.3 Å². The normalized spacial score (nSPS) is 12.5. The van der Waals surface area contributed by atoms with Gasteiger partial charge in [-0.2, -0.15) is 0 Å². The largest absolute Gasteiger partial charge is 0.427 e. The highest BCUT2D eigenvalue weighted by Gasteiger charge is 2.37. The number of nitrogens with one attached hydrogen (secondary N) is 1. The molecule has 3 aromatic rings. The van der Waals surface area contributed by atoms with Crippen molar-refractivity contribution in [1.82, 2.24) is 10.1 Å². The van der Waals surface area contributed by atoms with E-state index in [0.717, 1.165) is 0 Å². The van der Waals surface area contributed by atoms with Gasteiger partial charge in [0.05, 0.1) is 5.56 Å². The summed E-state index contributed by atoms with van der Waals surface area (Å²) in [5, 5.41) is 3.85. The standard InChI is InChI=1S/C18H10N2O6/c1-8(21)25-10-4-2-9(3-5-10)14-13-16(23)11-6-7-12(22)19-15(11)17(24)18(13)26-20-14/h2-7H,1H3,(H,19,22). The fourth-order valence-electron chi connectivity index (χ4n) is 2.79. The second-order valence-corrected chi connectivity index (χ2v) is 5.62. The Hall–Kier alpha value is -3.81. The summed E-state index contributed by atoms with van der Waals surface area (Å²) in [5.74, 6) is -1.41. The van der Waals surface area contributed by atoms with Crippen molar-refractivity contribution < 1.29 is 23.6 Å².